The highest BCUT2D eigenvalue weighted by Crippen LogP contribution is 2.16. The highest BCUT2D eigenvalue weighted by Gasteiger charge is 1.99. The van der Waals surface area contributed by atoms with Crippen LogP contribution in [0.1, 0.15) is 52.9 Å². The molecule has 0 radical (unpaired) electrons. The molecule has 1 aromatic carbocycles. The fourth-order valence-corrected chi connectivity index (χ4v) is 2.90. The van der Waals surface area contributed by atoms with E-state index < -0.39 is 0 Å². The van der Waals surface area contributed by atoms with E-state index in [1.54, 1.807) is 6.08 Å². The smallest absolute Gasteiger partial charge is 0.244 e. The van der Waals surface area contributed by atoms with Crippen LogP contribution in [0.2, 0.25) is 0 Å². The van der Waals surface area contributed by atoms with Crippen molar-refractivity contribution in [1.82, 2.24) is 10.3 Å². The molecule has 0 saturated heterocycles. The lowest BCUT2D eigenvalue weighted by molar-refractivity contribution is -0.116. The second kappa shape index (κ2) is 12.8. The van der Waals surface area contributed by atoms with Crippen LogP contribution in [0.5, 0.6) is 5.88 Å². The Morgan fingerprint density at radius 3 is 2.72 bits per heavy atom. The van der Waals surface area contributed by atoms with Gasteiger partial charge in [-0.25, -0.2) is 4.98 Å². The number of aromatic nitrogens is 1. The monoisotopic (exact) mass is 394 g/mol. The predicted octanol–water partition coefficient (Wildman–Crippen LogP) is 5.84. The van der Waals surface area contributed by atoms with Crippen LogP contribution in [0.3, 0.4) is 0 Å². The zero-order valence-corrected chi connectivity index (χ0v) is 18.0. The van der Waals surface area contributed by atoms with Crippen LogP contribution in [-0.4, -0.2) is 24.0 Å². The number of hydrogen-bond donors (Lipinski definition) is 1. The minimum absolute atomic E-state index is 0.0123. The van der Waals surface area contributed by atoms with Gasteiger partial charge in [0.15, 0.2) is 0 Å². The molecule has 0 atom stereocenters. The summed E-state index contributed by atoms with van der Waals surface area (Å²) in [5.41, 5.74) is 1.96. The van der Waals surface area contributed by atoms with E-state index in [1.807, 2.05) is 43.3 Å². The molecule has 0 bridgehead atoms. The number of unbranched alkanes of at least 4 members (excludes halogenated alkanes) is 4. The Kier molecular flexibility index (Phi) is 9.98. The molecule has 1 heterocycles. The van der Waals surface area contributed by atoms with Crippen molar-refractivity contribution in [1.29, 1.82) is 0 Å². The lowest BCUT2D eigenvalue weighted by Crippen LogP contribution is -2.25. The van der Waals surface area contributed by atoms with Crippen molar-refractivity contribution in [2.75, 3.05) is 13.2 Å². The third kappa shape index (κ3) is 9.42. The Labute approximate surface area is 175 Å². The molecule has 1 aromatic heterocycles. The average molecular weight is 395 g/mol. The predicted molar refractivity (Wildman–Crippen MR) is 121 cm³/mol. The van der Waals surface area contributed by atoms with Gasteiger partial charge in [0.05, 0.1) is 12.1 Å². The fraction of sp³-hybridized carbons (Fsp3) is 0.440. The zero-order valence-electron chi connectivity index (χ0n) is 18.0. The van der Waals surface area contributed by atoms with E-state index in [1.165, 1.54) is 6.42 Å². The first-order valence-electron chi connectivity index (χ1n) is 10.7. The van der Waals surface area contributed by atoms with Gasteiger partial charge in [-0.3, -0.25) is 4.79 Å². The van der Waals surface area contributed by atoms with Crippen LogP contribution in [0.4, 0.5) is 0 Å². The molecule has 1 amide bonds. The van der Waals surface area contributed by atoms with Gasteiger partial charge in [0.2, 0.25) is 11.8 Å². The Hall–Kier alpha value is -2.62. The number of para-hydroxylation sites is 1. The molecule has 4 heteroatoms. The zero-order chi connectivity index (χ0) is 20.9. The van der Waals surface area contributed by atoms with E-state index >= 15 is 0 Å². The molecule has 2 rings (SSSR count). The first-order chi connectivity index (χ1) is 14.0. The number of nitrogens with zero attached hydrogens (tertiary/aromatic N) is 1. The number of benzene rings is 1. The van der Waals surface area contributed by atoms with Crippen LogP contribution in [0.15, 0.2) is 60.2 Å². The maximum absolute atomic E-state index is 11.7. The second-order valence-electron chi connectivity index (χ2n) is 7.82. The molecule has 0 aliphatic rings. The van der Waals surface area contributed by atoms with E-state index in [-0.39, 0.29) is 5.91 Å². The van der Waals surface area contributed by atoms with Gasteiger partial charge in [-0.05, 0) is 49.8 Å². The number of pyridine rings is 1. The molecule has 1 N–H and O–H groups in total. The number of fused-ring (bicyclic) bond motifs is 1. The summed E-state index contributed by atoms with van der Waals surface area (Å²) < 4.78 is 5.77. The molecule has 4 nitrogen and oxygen atoms in total. The van der Waals surface area contributed by atoms with Crippen molar-refractivity contribution in [2.45, 2.75) is 52.9 Å². The van der Waals surface area contributed by atoms with E-state index in [0.717, 1.165) is 42.2 Å². The summed E-state index contributed by atoms with van der Waals surface area (Å²) in [5, 5.41) is 4.03. The van der Waals surface area contributed by atoms with Gasteiger partial charge >= 0.3 is 0 Å². The molecule has 0 aliphatic heterocycles. The van der Waals surface area contributed by atoms with Crippen LogP contribution in [0.25, 0.3) is 10.9 Å². The summed E-state index contributed by atoms with van der Waals surface area (Å²) >= 11 is 0. The number of nitrogens with one attached hydrogen (secondary N) is 1. The molecule has 2 aromatic rings. The number of hydrogen-bond acceptors (Lipinski definition) is 3. The van der Waals surface area contributed by atoms with Crippen molar-refractivity contribution in [2.24, 2.45) is 5.92 Å². The third-order valence-corrected chi connectivity index (χ3v) is 4.51. The molecular weight excluding hydrogens is 360 g/mol. The van der Waals surface area contributed by atoms with E-state index in [9.17, 15) is 4.79 Å². The Morgan fingerprint density at radius 2 is 1.90 bits per heavy atom. The minimum atomic E-state index is -0.0123. The number of allylic oxidation sites excluding steroid dienone is 3. The lowest BCUT2D eigenvalue weighted by atomic mass is 10.1. The Balaban J connectivity index is 1.54. The van der Waals surface area contributed by atoms with Crippen molar-refractivity contribution < 1.29 is 9.53 Å². The summed E-state index contributed by atoms with van der Waals surface area (Å²) in [7, 11) is 0. The first kappa shape index (κ1) is 22.7. The topological polar surface area (TPSA) is 51.2 Å². The van der Waals surface area contributed by atoms with Gasteiger partial charge in [0.1, 0.15) is 0 Å². The summed E-state index contributed by atoms with van der Waals surface area (Å²) in [6, 6.07) is 12.1. The van der Waals surface area contributed by atoms with Gasteiger partial charge in [0, 0.05) is 24.1 Å². The summed E-state index contributed by atoms with van der Waals surface area (Å²) in [6.07, 6.45) is 11.4. The Morgan fingerprint density at radius 1 is 1.10 bits per heavy atom. The van der Waals surface area contributed by atoms with Crippen LogP contribution in [0, 0.1) is 5.92 Å². The average Bonchev–Trinajstić information content (AvgIpc) is 2.71. The van der Waals surface area contributed by atoms with Crippen molar-refractivity contribution >= 4 is 16.8 Å². The van der Waals surface area contributed by atoms with Crippen molar-refractivity contribution in [3.8, 4) is 5.88 Å². The highest BCUT2D eigenvalue weighted by molar-refractivity contribution is 5.88. The number of carbonyl (C=O) groups is 1. The maximum Gasteiger partial charge on any atom is 0.244 e. The van der Waals surface area contributed by atoms with Crippen molar-refractivity contribution in [3.05, 3.63) is 60.2 Å². The number of rotatable bonds is 12. The van der Waals surface area contributed by atoms with E-state index in [2.05, 4.69) is 36.3 Å². The molecule has 0 spiro atoms. The first-order valence-corrected chi connectivity index (χ1v) is 10.7. The Bertz CT molecular complexity index is 824. The van der Waals surface area contributed by atoms with Crippen LogP contribution < -0.4 is 10.1 Å². The van der Waals surface area contributed by atoms with Gasteiger partial charge in [0.25, 0.3) is 0 Å². The quantitative estimate of drug-likeness (QED) is 0.279. The second-order valence-corrected chi connectivity index (χ2v) is 7.82. The molecule has 0 aliphatic carbocycles. The fourth-order valence-electron chi connectivity index (χ4n) is 2.90. The number of ether oxygens (including phenoxy) is 1. The third-order valence-electron chi connectivity index (χ3n) is 4.51. The van der Waals surface area contributed by atoms with E-state index in [0.29, 0.717) is 24.9 Å². The van der Waals surface area contributed by atoms with E-state index in [4.69, 9.17) is 4.74 Å². The SMILES string of the molecule is CC(C=CCCCCCCOc1ccc2ccccc2n1)=CC(=O)NCC(C)C. The normalized spacial score (nSPS) is 12.1. The summed E-state index contributed by atoms with van der Waals surface area (Å²) in [5.74, 6) is 1.16. The van der Waals surface area contributed by atoms with Gasteiger partial charge < -0.3 is 10.1 Å². The van der Waals surface area contributed by atoms with Gasteiger partial charge in [-0.15, -0.1) is 0 Å². The van der Waals surface area contributed by atoms with Crippen LogP contribution in [-0.2, 0) is 4.79 Å². The molecule has 29 heavy (non-hydrogen) atoms. The van der Waals surface area contributed by atoms with Gasteiger partial charge in [-0.1, -0.05) is 57.0 Å². The standard InChI is InChI=1S/C25H34N2O2/c1-20(2)19-26-24(28)18-21(3)12-8-6-4-5-7-11-17-29-25-16-15-22-13-9-10-14-23(22)27-25/h8-10,12-16,18,20H,4-7,11,17,19H2,1-3H3,(H,26,28). The number of amides is 1. The van der Waals surface area contributed by atoms with Crippen LogP contribution >= 0.6 is 0 Å². The molecule has 0 saturated carbocycles. The largest absolute Gasteiger partial charge is 0.478 e. The number of carbonyl (C=O) groups excluding carboxylic acids is 1. The summed E-state index contributed by atoms with van der Waals surface area (Å²) in [4.78, 5) is 16.2. The molecular formula is C25H34N2O2. The molecule has 156 valence electrons. The minimum Gasteiger partial charge on any atom is -0.478 e. The highest BCUT2D eigenvalue weighted by atomic mass is 16.5. The van der Waals surface area contributed by atoms with Gasteiger partial charge in [-0.2, -0.15) is 0 Å². The molecule has 0 unspecified atom stereocenters. The summed E-state index contributed by atoms with van der Waals surface area (Å²) in [6.45, 7) is 7.55. The molecule has 0 fully saturated rings. The van der Waals surface area contributed by atoms with Crippen molar-refractivity contribution in [3.63, 3.8) is 0 Å². The lowest BCUT2D eigenvalue weighted by Gasteiger charge is -2.06. The maximum atomic E-state index is 11.7.